The molecule has 1 N–H and O–H groups in total. The summed E-state index contributed by atoms with van der Waals surface area (Å²) in [6, 6.07) is 4.27. The zero-order valence-corrected chi connectivity index (χ0v) is 18.1. The predicted molar refractivity (Wildman–Crippen MR) is 109 cm³/mol. The van der Waals surface area contributed by atoms with Crippen LogP contribution in [-0.2, 0) is 22.3 Å². The minimum atomic E-state index is -4.45. The average Bonchev–Trinajstić information content (AvgIpc) is 3.14. The van der Waals surface area contributed by atoms with Gasteiger partial charge in [-0.05, 0) is 42.9 Å². The van der Waals surface area contributed by atoms with Crippen LogP contribution >= 0.6 is 0 Å². The van der Waals surface area contributed by atoms with E-state index < -0.39 is 17.3 Å². The van der Waals surface area contributed by atoms with Gasteiger partial charge in [0.1, 0.15) is 6.54 Å². The van der Waals surface area contributed by atoms with Crippen molar-refractivity contribution in [2.75, 3.05) is 26.7 Å². The van der Waals surface area contributed by atoms with E-state index in [1.165, 1.54) is 29.0 Å². The topological polar surface area (TPSA) is 73.0 Å². The van der Waals surface area contributed by atoms with Crippen molar-refractivity contribution < 1.29 is 27.6 Å². The van der Waals surface area contributed by atoms with Gasteiger partial charge in [-0.15, -0.1) is 0 Å². The molecular formula is C22H27F3N4O3. The molecule has 2 aliphatic heterocycles. The highest BCUT2D eigenvalue weighted by Gasteiger charge is 2.61. The van der Waals surface area contributed by atoms with Crippen LogP contribution in [0.15, 0.2) is 24.3 Å². The maximum atomic E-state index is 13.6. The van der Waals surface area contributed by atoms with Gasteiger partial charge in [0, 0.05) is 19.6 Å². The van der Waals surface area contributed by atoms with Gasteiger partial charge < -0.3 is 20.0 Å². The summed E-state index contributed by atoms with van der Waals surface area (Å²) in [5.41, 5.74) is -1.45. The second kappa shape index (κ2) is 7.97. The lowest BCUT2D eigenvalue weighted by Gasteiger charge is -2.58. The van der Waals surface area contributed by atoms with Gasteiger partial charge in [-0.25, -0.2) is 4.79 Å². The average molecular weight is 452 g/mol. The van der Waals surface area contributed by atoms with Gasteiger partial charge in [-0.2, -0.15) is 13.2 Å². The number of benzene rings is 1. The van der Waals surface area contributed by atoms with Crippen molar-refractivity contribution in [3.8, 4) is 0 Å². The third kappa shape index (κ3) is 3.80. The second-order valence-electron chi connectivity index (χ2n) is 9.12. The van der Waals surface area contributed by atoms with Crippen LogP contribution in [0, 0.1) is 5.92 Å². The monoisotopic (exact) mass is 452 g/mol. The zero-order chi connectivity index (χ0) is 23.3. The van der Waals surface area contributed by atoms with Crippen molar-refractivity contribution in [2.45, 2.75) is 50.5 Å². The van der Waals surface area contributed by atoms with Crippen LogP contribution in [0.4, 0.5) is 18.0 Å². The number of amides is 4. The minimum Gasteiger partial charge on any atom is -0.341 e. The molecule has 7 nitrogen and oxygen atoms in total. The first-order chi connectivity index (χ1) is 15.0. The quantitative estimate of drug-likeness (QED) is 0.766. The van der Waals surface area contributed by atoms with Gasteiger partial charge >= 0.3 is 12.2 Å². The van der Waals surface area contributed by atoms with E-state index in [2.05, 4.69) is 12.2 Å². The number of urea groups is 1. The maximum absolute atomic E-state index is 13.6. The lowest BCUT2D eigenvalue weighted by molar-refractivity contribution is -0.179. The van der Waals surface area contributed by atoms with Crippen molar-refractivity contribution in [3.05, 3.63) is 35.4 Å². The Bertz CT molecular complexity index is 912. The highest BCUT2D eigenvalue weighted by molar-refractivity contribution is 6.00. The first-order valence-corrected chi connectivity index (χ1v) is 10.8. The Balaban J connectivity index is 1.60. The van der Waals surface area contributed by atoms with E-state index in [0.29, 0.717) is 11.5 Å². The van der Waals surface area contributed by atoms with Crippen molar-refractivity contribution in [3.63, 3.8) is 0 Å². The molecule has 1 aromatic carbocycles. The standard InChI is InChI=1S/C22H27F3N4O3/c1-14-3-8-17(9-14)28-11-18(30)29(10-15-4-6-16(7-5-15)22(23,24)25)21(19(28)31)12-27(13-21)20(32)26-2/h4-7,14,17H,3,8-13H2,1-2H3,(H,26,32)/t14-,17+/m1/s1. The zero-order valence-electron chi connectivity index (χ0n) is 18.1. The summed E-state index contributed by atoms with van der Waals surface area (Å²) in [4.78, 5) is 43.5. The lowest BCUT2D eigenvalue weighted by Crippen LogP contribution is -2.82. The summed E-state index contributed by atoms with van der Waals surface area (Å²) < 4.78 is 38.7. The van der Waals surface area contributed by atoms with Crippen LogP contribution in [0.25, 0.3) is 0 Å². The third-order valence-corrected chi connectivity index (χ3v) is 6.92. The third-order valence-electron chi connectivity index (χ3n) is 6.92. The minimum absolute atomic E-state index is 0.000552. The Kier molecular flexibility index (Phi) is 5.58. The van der Waals surface area contributed by atoms with Gasteiger partial charge in [0.15, 0.2) is 5.54 Å². The van der Waals surface area contributed by atoms with E-state index in [0.717, 1.165) is 31.4 Å². The van der Waals surface area contributed by atoms with Gasteiger partial charge in [0.05, 0.1) is 18.7 Å². The summed E-state index contributed by atoms with van der Waals surface area (Å²) >= 11 is 0. The van der Waals surface area contributed by atoms with Crippen LogP contribution < -0.4 is 5.32 Å². The van der Waals surface area contributed by atoms with Crippen molar-refractivity contribution >= 4 is 17.8 Å². The molecule has 10 heteroatoms. The molecule has 4 amide bonds. The van der Waals surface area contributed by atoms with Crippen LogP contribution in [-0.4, -0.2) is 70.8 Å². The molecule has 32 heavy (non-hydrogen) atoms. The van der Waals surface area contributed by atoms with Gasteiger partial charge in [-0.3, -0.25) is 9.59 Å². The van der Waals surface area contributed by atoms with Gasteiger partial charge in [0.25, 0.3) is 5.91 Å². The molecule has 0 unspecified atom stereocenters. The number of carbonyl (C=O) groups excluding carboxylic acids is 3. The lowest BCUT2D eigenvalue weighted by atomic mass is 9.82. The SMILES string of the molecule is CNC(=O)N1CC2(C1)C(=O)N([C@H]1CC[C@@H](C)C1)CC(=O)N2Cc1ccc(C(F)(F)F)cc1. The van der Waals surface area contributed by atoms with Crippen molar-refractivity contribution in [1.82, 2.24) is 20.0 Å². The molecule has 0 aromatic heterocycles. The molecule has 4 rings (SSSR count). The van der Waals surface area contributed by atoms with E-state index in [1.807, 2.05) is 0 Å². The molecular weight excluding hydrogens is 425 g/mol. The van der Waals surface area contributed by atoms with E-state index >= 15 is 0 Å². The van der Waals surface area contributed by atoms with Crippen LogP contribution in [0.2, 0.25) is 0 Å². The highest BCUT2D eigenvalue weighted by atomic mass is 19.4. The fourth-order valence-corrected chi connectivity index (χ4v) is 5.09. The molecule has 3 fully saturated rings. The van der Waals surface area contributed by atoms with Crippen LogP contribution in [0.5, 0.6) is 0 Å². The Labute approximate surface area is 184 Å². The molecule has 1 aromatic rings. The van der Waals surface area contributed by atoms with Crippen LogP contribution in [0.1, 0.15) is 37.3 Å². The molecule has 1 saturated carbocycles. The van der Waals surface area contributed by atoms with E-state index in [-0.39, 0.29) is 50.1 Å². The maximum Gasteiger partial charge on any atom is 0.416 e. The molecule has 3 aliphatic rings. The molecule has 0 bridgehead atoms. The Morgan fingerprint density at radius 1 is 1.16 bits per heavy atom. The molecule has 0 radical (unpaired) electrons. The van der Waals surface area contributed by atoms with E-state index in [1.54, 1.807) is 4.90 Å². The van der Waals surface area contributed by atoms with Crippen molar-refractivity contribution in [1.29, 1.82) is 0 Å². The largest absolute Gasteiger partial charge is 0.416 e. The second-order valence-corrected chi connectivity index (χ2v) is 9.12. The first-order valence-electron chi connectivity index (χ1n) is 10.8. The number of alkyl halides is 3. The number of rotatable bonds is 3. The van der Waals surface area contributed by atoms with E-state index in [4.69, 9.17) is 0 Å². The number of nitrogens with zero attached hydrogens (tertiary/aromatic N) is 3. The number of piperazine rings is 1. The number of halogens is 3. The molecule has 2 atom stereocenters. The Hall–Kier alpha value is -2.78. The van der Waals surface area contributed by atoms with E-state index in [9.17, 15) is 27.6 Å². The number of hydrogen-bond donors (Lipinski definition) is 1. The fourth-order valence-electron chi connectivity index (χ4n) is 5.09. The molecule has 2 saturated heterocycles. The summed E-state index contributed by atoms with van der Waals surface area (Å²) in [5.74, 6) is 0.0525. The Morgan fingerprint density at radius 3 is 2.34 bits per heavy atom. The normalized spacial score (nSPS) is 25.3. The Morgan fingerprint density at radius 2 is 1.81 bits per heavy atom. The summed E-state index contributed by atoms with van der Waals surface area (Å²) in [6.07, 6.45) is -1.77. The molecule has 2 heterocycles. The number of likely N-dealkylation sites (tertiary alicyclic amines) is 1. The highest BCUT2D eigenvalue weighted by Crippen LogP contribution is 2.39. The predicted octanol–water partition coefficient (Wildman–Crippen LogP) is 2.46. The first kappa shape index (κ1) is 22.4. The fraction of sp³-hybridized carbons (Fsp3) is 0.591. The molecule has 1 spiro atoms. The molecule has 1 aliphatic carbocycles. The smallest absolute Gasteiger partial charge is 0.341 e. The summed E-state index contributed by atoms with van der Waals surface area (Å²) in [5, 5.41) is 2.52. The number of hydrogen-bond acceptors (Lipinski definition) is 3. The van der Waals surface area contributed by atoms with Gasteiger partial charge in [0.2, 0.25) is 5.91 Å². The number of nitrogens with one attached hydrogen (secondary N) is 1. The van der Waals surface area contributed by atoms with Crippen molar-refractivity contribution in [2.24, 2.45) is 5.92 Å². The molecule has 174 valence electrons. The summed E-state index contributed by atoms with van der Waals surface area (Å²) in [6.45, 7) is 2.23. The van der Waals surface area contributed by atoms with Gasteiger partial charge in [-0.1, -0.05) is 19.1 Å². The summed E-state index contributed by atoms with van der Waals surface area (Å²) in [7, 11) is 1.49. The van der Waals surface area contributed by atoms with Crippen LogP contribution in [0.3, 0.4) is 0 Å². The number of carbonyl (C=O) groups is 3.